The van der Waals surface area contributed by atoms with Gasteiger partial charge in [-0.15, -0.1) is 0 Å². The molecule has 0 saturated heterocycles. The molecule has 0 radical (unpaired) electrons. The van der Waals surface area contributed by atoms with Crippen LogP contribution >= 0.6 is 0 Å². The van der Waals surface area contributed by atoms with Crippen molar-refractivity contribution in [1.82, 2.24) is 0 Å². The highest BCUT2D eigenvalue weighted by atomic mass is 16.1. The lowest BCUT2D eigenvalue weighted by atomic mass is 9.85. The molecule has 1 aliphatic carbocycles. The van der Waals surface area contributed by atoms with Crippen LogP contribution in [-0.4, -0.2) is 5.78 Å². The van der Waals surface area contributed by atoms with Gasteiger partial charge in [0.15, 0.2) is 0 Å². The maximum atomic E-state index is 11.3. The molecule has 0 aromatic rings. The minimum Gasteiger partial charge on any atom is -0.300 e. The first-order chi connectivity index (χ1) is 8.33. The summed E-state index contributed by atoms with van der Waals surface area (Å²) in [6.07, 6.45) is 16.7. The Hall–Kier alpha value is -0.330. The van der Waals surface area contributed by atoms with Crippen molar-refractivity contribution in [2.45, 2.75) is 90.4 Å². The van der Waals surface area contributed by atoms with Crippen molar-refractivity contribution in [3.05, 3.63) is 0 Å². The number of rotatable bonds is 9. The monoisotopic (exact) mass is 238 g/mol. The zero-order valence-corrected chi connectivity index (χ0v) is 11.7. The van der Waals surface area contributed by atoms with Crippen LogP contribution in [0.3, 0.4) is 0 Å². The molecule has 0 aromatic heterocycles. The third kappa shape index (κ3) is 7.57. The van der Waals surface area contributed by atoms with Gasteiger partial charge in [0.25, 0.3) is 0 Å². The van der Waals surface area contributed by atoms with E-state index in [1.807, 2.05) is 0 Å². The van der Waals surface area contributed by atoms with E-state index in [9.17, 15) is 4.79 Å². The average Bonchev–Trinajstić information content (AvgIpc) is 2.33. The lowest BCUT2D eigenvalue weighted by molar-refractivity contribution is -0.121. The predicted octanol–water partition coefficient (Wildman–Crippen LogP) is 5.28. The molecule has 1 aliphatic rings. The number of hydrogen-bond acceptors (Lipinski definition) is 1. The molecule has 1 atom stereocenters. The summed E-state index contributed by atoms with van der Waals surface area (Å²) in [6.45, 7) is 2.27. The van der Waals surface area contributed by atoms with Crippen LogP contribution in [0, 0.1) is 5.92 Å². The molecule has 1 heteroatoms. The number of ketones is 1. The zero-order valence-electron chi connectivity index (χ0n) is 11.7. The fourth-order valence-electron chi connectivity index (χ4n) is 2.93. The number of carbonyl (C=O) groups is 1. The van der Waals surface area contributed by atoms with Crippen LogP contribution in [0.5, 0.6) is 0 Å². The zero-order chi connectivity index (χ0) is 12.3. The highest BCUT2D eigenvalue weighted by molar-refractivity contribution is 5.79. The Balaban J connectivity index is 1.85. The number of carbonyl (C=O) groups excluding carboxylic acids is 1. The fourth-order valence-corrected chi connectivity index (χ4v) is 2.93. The van der Waals surface area contributed by atoms with Crippen LogP contribution in [0.1, 0.15) is 90.4 Å². The van der Waals surface area contributed by atoms with E-state index >= 15 is 0 Å². The third-order valence-corrected chi connectivity index (χ3v) is 4.05. The maximum absolute atomic E-state index is 11.3. The van der Waals surface area contributed by atoms with Gasteiger partial charge in [-0.25, -0.2) is 0 Å². The van der Waals surface area contributed by atoms with Crippen LogP contribution in [-0.2, 0) is 4.79 Å². The fraction of sp³-hybridized carbons (Fsp3) is 0.938. The van der Waals surface area contributed by atoms with Crippen molar-refractivity contribution >= 4 is 5.78 Å². The summed E-state index contributed by atoms with van der Waals surface area (Å²) in [7, 11) is 0. The Labute approximate surface area is 107 Å². The quantitative estimate of drug-likeness (QED) is 0.500. The molecule has 1 unspecified atom stereocenters. The van der Waals surface area contributed by atoms with E-state index in [1.165, 1.54) is 64.2 Å². The normalized spacial score (nSPS) is 20.8. The van der Waals surface area contributed by atoms with Crippen molar-refractivity contribution in [3.63, 3.8) is 0 Å². The van der Waals surface area contributed by atoms with E-state index in [0.29, 0.717) is 5.78 Å². The van der Waals surface area contributed by atoms with Gasteiger partial charge >= 0.3 is 0 Å². The molecule has 100 valence electrons. The summed E-state index contributed by atoms with van der Waals surface area (Å²) in [5.74, 6) is 1.25. The first-order valence-corrected chi connectivity index (χ1v) is 7.84. The van der Waals surface area contributed by atoms with Crippen molar-refractivity contribution < 1.29 is 4.79 Å². The summed E-state index contributed by atoms with van der Waals surface area (Å²) >= 11 is 0. The molecule has 1 nitrogen and oxygen atoms in total. The van der Waals surface area contributed by atoms with Gasteiger partial charge in [0, 0.05) is 12.8 Å². The van der Waals surface area contributed by atoms with Crippen molar-refractivity contribution in [2.24, 2.45) is 5.92 Å². The van der Waals surface area contributed by atoms with Crippen molar-refractivity contribution in [2.75, 3.05) is 0 Å². The Kier molecular flexibility index (Phi) is 8.38. The number of unbranched alkanes of at least 4 members (excludes halogenated alkanes) is 7. The van der Waals surface area contributed by atoms with Crippen LogP contribution in [0.4, 0.5) is 0 Å². The van der Waals surface area contributed by atoms with Gasteiger partial charge in [0.2, 0.25) is 0 Å². The highest BCUT2D eigenvalue weighted by Crippen LogP contribution is 2.26. The highest BCUT2D eigenvalue weighted by Gasteiger charge is 2.18. The lowest BCUT2D eigenvalue weighted by Gasteiger charge is -2.20. The van der Waals surface area contributed by atoms with Crippen LogP contribution in [0.15, 0.2) is 0 Å². The molecule has 1 saturated carbocycles. The molecule has 1 rings (SSSR count). The van der Waals surface area contributed by atoms with Crippen molar-refractivity contribution in [1.29, 1.82) is 0 Å². The summed E-state index contributed by atoms with van der Waals surface area (Å²) in [6, 6.07) is 0. The third-order valence-electron chi connectivity index (χ3n) is 4.05. The topological polar surface area (TPSA) is 17.1 Å². The minimum atomic E-state index is 0.515. The summed E-state index contributed by atoms with van der Waals surface area (Å²) in [4.78, 5) is 11.3. The smallest absolute Gasteiger partial charge is 0.133 e. The van der Waals surface area contributed by atoms with Gasteiger partial charge in [0.1, 0.15) is 5.78 Å². The molecule has 0 aromatic carbocycles. The van der Waals surface area contributed by atoms with Gasteiger partial charge < -0.3 is 0 Å². The molecule has 0 aliphatic heterocycles. The van der Waals surface area contributed by atoms with E-state index in [-0.39, 0.29) is 0 Å². The molecule has 17 heavy (non-hydrogen) atoms. The second kappa shape index (κ2) is 9.67. The molecular formula is C16H30O. The van der Waals surface area contributed by atoms with Gasteiger partial charge in [0.05, 0.1) is 0 Å². The molecule has 0 N–H and O–H groups in total. The molecular weight excluding hydrogens is 208 g/mol. The van der Waals surface area contributed by atoms with Gasteiger partial charge in [-0.05, 0) is 18.8 Å². The largest absolute Gasteiger partial charge is 0.300 e. The molecule has 0 spiro atoms. The predicted molar refractivity (Wildman–Crippen MR) is 74.2 cm³/mol. The minimum absolute atomic E-state index is 0.515. The maximum Gasteiger partial charge on any atom is 0.133 e. The Morgan fingerprint density at radius 1 is 1.00 bits per heavy atom. The van der Waals surface area contributed by atoms with Crippen LogP contribution in [0.2, 0.25) is 0 Å². The Bertz CT molecular complexity index is 198. The average molecular weight is 238 g/mol. The van der Waals surface area contributed by atoms with E-state index in [4.69, 9.17) is 0 Å². The standard InChI is InChI=1S/C16H30O/c1-2-3-4-5-6-7-8-9-11-15-12-10-13-16(17)14-15/h15H,2-14H2,1H3. The molecule has 1 fully saturated rings. The first kappa shape index (κ1) is 14.7. The Morgan fingerprint density at radius 3 is 2.29 bits per heavy atom. The van der Waals surface area contributed by atoms with Crippen LogP contribution < -0.4 is 0 Å². The molecule has 0 bridgehead atoms. The van der Waals surface area contributed by atoms with Gasteiger partial charge in [-0.2, -0.15) is 0 Å². The molecule has 0 amide bonds. The van der Waals surface area contributed by atoms with E-state index in [2.05, 4.69) is 6.92 Å². The lowest BCUT2D eigenvalue weighted by Crippen LogP contribution is -2.14. The van der Waals surface area contributed by atoms with E-state index < -0.39 is 0 Å². The van der Waals surface area contributed by atoms with Crippen LogP contribution in [0.25, 0.3) is 0 Å². The van der Waals surface area contributed by atoms with E-state index in [0.717, 1.165) is 25.2 Å². The molecule has 0 heterocycles. The van der Waals surface area contributed by atoms with Crippen molar-refractivity contribution in [3.8, 4) is 0 Å². The van der Waals surface area contributed by atoms with Gasteiger partial charge in [-0.3, -0.25) is 4.79 Å². The summed E-state index contributed by atoms with van der Waals surface area (Å²) in [5.41, 5.74) is 0. The SMILES string of the molecule is CCCCCCCCCCC1CCCC(=O)C1. The van der Waals surface area contributed by atoms with E-state index in [1.54, 1.807) is 0 Å². The second-order valence-corrected chi connectivity index (χ2v) is 5.76. The first-order valence-electron chi connectivity index (χ1n) is 7.84. The summed E-state index contributed by atoms with van der Waals surface area (Å²) in [5, 5.41) is 0. The summed E-state index contributed by atoms with van der Waals surface area (Å²) < 4.78 is 0. The van der Waals surface area contributed by atoms with Gasteiger partial charge in [-0.1, -0.05) is 64.7 Å². The number of Topliss-reactive ketones (excluding diaryl/α,β-unsaturated/α-hetero) is 1. The number of hydrogen-bond donors (Lipinski definition) is 0. The second-order valence-electron chi connectivity index (χ2n) is 5.76. The Morgan fingerprint density at radius 2 is 1.65 bits per heavy atom.